The molecule has 70 valence electrons. The average molecular weight is 190 g/mol. The quantitative estimate of drug-likeness (QED) is 0.465. The van der Waals surface area contributed by atoms with Gasteiger partial charge in [-0.15, -0.1) is 0 Å². The third kappa shape index (κ3) is 1.06. The van der Waals surface area contributed by atoms with Crippen LogP contribution in [0.1, 0.15) is 10.4 Å². The lowest BCUT2D eigenvalue weighted by atomic mass is 10.0. The smallest absolute Gasteiger partial charge is 0.281 e. The predicted molar refractivity (Wildman–Crippen MR) is 48.6 cm³/mol. The van der Waals surface area contributed by atoms with E-state index in [2.05, 4.69) is 10.5 Å². The molecule has 1 heterocycles. The number of anilines is 1. The maximum absolute atomic E-state index is 11.5. The summed E-state index contributed by atoms with van der Waals surface area (Å²) in [4.78, 5) is 22.7. The Bertz CT molecular complexity index is 451. The van der Waals surface area contributed by atoms with Crippen LogP contribution in [0.4, 0.5) is 5.69 Å². The number of nitrogens with zero attached hydrogens (tertiary/aromatic N) is 1. The predicted octanol–water partition coefficient (Wildman–Crippen LogP) is 0.652. The summed E-state index contributed by atoms with van der Waals surface area (Å²) in [5.74, 6) is -1.25. The standard InChI is InChI=1S/C9H6N2O3/c12-8-5-3-1-2-4-6(5)10-9(13)7(8)11-14/h1-4,14H,(H,10,13)/b11-7-. The molecule has 0 spiro atoms. The number of Topliss-reactive ketones (excluding diaryl/α,β-unsaturated/α-hetero) is 1. The van der Waals surface area contributed by atoms with Crippen LogP contribution in [-0.2, 0) is 4.79 Å². The van der Waals surface area contributed by atoms with Crippen LogP contribution in [0.2, 0.25) is 0 Å². The highest BCUT2D eigenvalue weighted by Gasteiger charge is 2.30. The highest BCUT2D eigenvalue weighted by molar-refractivity contribution is 6.72. The third-order valence-electron chi connectivity index (χ3n) is 1.95. The van der Waals surface area contributed by atoms with Gasteiger partial charge in [0.15, 0.2) is 0 Å². The first-order chi connectivity index (χ1) is 6.74. The second-order valence-corrected chi connectivity index (χ2v) is 2.78. The summed E-state index contributed by atoms with van der Waals surface area (Å²) < 4.78 is 0. The fraction of sp³-hybridized carbons (Fsp3) is 0. The van der Waals surface area contributed by atoms with E-state index in [-0.39, 0.29) is 0 Å². The van der Waals surface area contributed by atoms with Crippen LogP contribution in [0, 0.1) is 0 Å². The number of ketones is 1. The lowest BCUT2D eigenvalue weighted by Crippen LogP contribution is -2.35. The van der Waals surface area contributed by atoms with Crippen molar-refractivity contribution >= 4 is 23.1 Å². The van der Waals surface area contributed by atoms with Crippen molar-refractivity contribution in [2.24, 2.45) is 5.16 Å². The van der Waals surface area contributed by atoms with Crippen molar-refractivity contribution in [1.82, 2.24) is 0 Å². The SMILES string of the molecule is O=C1Nc2ccccc2C(=O)/C1=N/O. The molecule has 0 unspecified atom stereocenters. The summed E-state index contributed by atoms with van der Waals surface area (Å²) in [5, 5.41) is 13.6. The number of fused-ring (bicyclic) bond motifs is 1. The number of para-hydroxylation sites is 1. The highest BCUT2D eigenvalue weighted by Crippen LogP contribution is 2.20. The number of oxime groups is 1. The Morgan fingerprint density at radius 3 is 2.64 bits per heavy atom. The van der Waals surface area contributed by atoms with Crippen molar-refractivity contribution < 1.29 is 14.8 Å². The monoisotopic (exact) mass is 190 g/mol. The van der Waals surface area contributed by atoms with Gasteiger partial charge < -0.3 is 10.5 Å². The third-order valence-corrected chi connectivity index (χ3v) is 1.95. The molecule has 0 saturated heterocycles. The molecule has 1 amide bonds. The zero-order valence-corrected chi connectivity index (χ0v) is 7.02. The largest absolute Gasteiger partial charge is 0.410 e. The molecular formula is C9H6N2O3. The number of amides is 1. The van der Waals surface area contributed by atoms with Gasteiger partial charge in [-0.05, 0) is 12.1 Å². The molecule has 0 bridgehead atoms. The Kier molecular flexibility index (Phi) is 1.78. The van der Waals surface area contributed by atoms with Crippen molar-refractivity contribution in [3.63, 3.8) is 0 Å². The molecule has 0 aromatic heterocycles. The Morgan fingerprint density at radius 2 is 1.93 bits per heavy atom. The minimum atomic E-state index is -0.684. The summed E-state index contributed by atoms with van der Waals surface area (Å²) in [6, 6.07) is 6.54. The molecular weight excluding hydrogens is 184 g/mol. The van der Waals surface area contributed by atoms with E-state index in [1.807, 2.05) is 0 Å². The van der Waals surface area contributed by atoms with E-state index < -0.39 is 17.4 Å². The van der Waals surface area contributed by atoms with Gasteiger partial charge in [0.1, 0.15) is 0 Å². The molecule has 2 rings (SSSR count). The Hall–Kier alpha value is -2.17. The van der Waals surface area contributed by atoms with Crippen molar-refractivity contribution in [1.29, 1.82) is 0 Å². The van der Waals surface area contributed by atoms with Gasteiger partial charge in [-0.2, -0.15) is 0 Å². The second kappa shape index (κ2) is 2.95. The minimum absolute atomic E-state index is 0.333. The zero-order chi connectivity index (χ0) is 10.1. The summed E-state index contributed by atoms with van der Waals surface area (Å²) in [5.41, 5.74) is 0.290. The molecule has 5 heteroatoms. The van der Waals surface area contributed by atoms with Crippen LogP contribution in [-0.4, -0.2) is 22.6 Å². The van der Waals surface area contributed by atoms with Gasteiger partial charge in [0.05, 0.1) is 5.69 Å². The number of nitrogens with one attached hydrogen (secondary N) is 1. The fourth-order valence-corrected chi connectivity index (χ4v) is 1.29. The first-order valence-electron chi connectivity index (χ1n) is 3.91. The van der Waals surface area contributed by atoms with Gasteiger partial charge >= 0.3 is 0 Å². The van der Waals surface area contributed by atoms with E-state index in [0.29, 0.717) is 11.3 Å². The molecule has 0 fully saturated rings. The normalized spacial score (nSPS) is 17.9. The van der Waals surface area contributed by atoms with Gasteiger partial charge in [-0.25, -0.2) is 0 Å². The maximum atomic E-state index is 11.5. The summed E-state index contributed by atoms with van der Waals surface area (Å²) in [6.45, 7) is 0. The Morgan fingerprint density at radius 1 is 1.21 bits per heavy atom. The second-order valence-electron chi connectivity index (χ2n) is 2.78. The summed E-state index contributed by atoms with van der Waals surface area (Å²) in [6.07, 6.45) is 0. The molecule has 5 nitrogen and oxygen atoms in total. The Labute approximate surface area is 79.0 Å². The summed E-state index contributed by atoms with van der Waals surface area (Å²) >= 11 is 0. The van der Waals surface area contributed by atoms with E-state index in [4.69, 9.17) is 5.21 Å². The number of benzene rings is 1. The molecule has 2 N–H and O–H groups in total. The lowest BCUT2D eigenvalue weighted by Gasteiger charge is -2.15. The van der Waals surface area contributed by atoms with Crippen molar-refractivity contribution in [3.05, 3.63) is 29.8 Å². The molecule has 1 aliphatic heterocycles. The zero-order valence-electron chi connectivity index (χ0n) is 7.02. The number of hydrogen-bond donors (Lipinski definition) is 2. The molecule has 1 aromatic rings. The molecule has 1 aromatic carbocycles. The fourth-order valence-electron chi connectivity index (χ4n) is 1.29. The molecule has 0 radical (unpaired) electrons. The van der Waals surface area contributed by atoms with E-state index in [0.717, 1.165) is 0 Å². The van der Waals surface area contributed by atoms with Gasteiger partial charge in [0, 0.05) is 5.56 Å². The van der Waals surface area contributed by atoms with Crippen LogP contribution in [0.3, 0.4) is 0 Å². The van der Waals surface area contributed by atoms with Gasteiger partial charge in [-0.1, -0.05) is 17.3 Å². The lowest BCUT2D eigenvalue weighted by molar-refractivity contribution is -0.110. The van der Waals surface area contributed by atoms with Gasteiger partial charge in [-0.3, -0.25) is 9.59 Å². The molecule has 0 saturated carbocycles. The molecule has 14 heavy (non-hydrogen) atoms. The molecule has 0 aliphatic carbocycles. The van der Waals surface area contributed by atoms with Crippen molar-refractivity contribution in [2.75, 3.05) is 5.32 Å². The van der Waals surface area contributed by atoms with Gasteiger partial charge in [0.2, 0.25) is 11.5 Å². The minimum Gasteiger partial charge on any atom is -0.410 e. The number of hydrogen-bond acceptors (Lipinski definition) is 4. The van der Waals surface area contributed by atoms with Crippen LogP contribution in [0.5, 0.6) is 0 Å². The average Bonchev–Trinajstić information content (AvgIpc) is 2.18. The molecule has 1 aliphatic rings. The Balaban J connectivity index is 2.60. The van der Waals surface area contributed by atoms with Crippen LogP contribution in [0.15, 0.2) is 29.4 Å². The summed E-state index contributed by atoms with van der Waals surface area (Å²) in [7, 11) is 0. The van der Waals surface area contributed by atoms with E-state index in [1.165, 1.54) is 0 Å². The topological polar surface area (TPSA) is 78.8 Å². The van der Waals surface area contributed by atoms with Crippen molar-refractivity contribution in [2.45, 2.75) is 0 Å². The molecule has 0 atom stereocenters. The van der Waals surface area contributed by atoms with Crippen LogP contribution < -0.4 is 5.32 Å². The van der Waals surface area contributed by atoms with Crippen molar-refractivity contribution in [3.8, 4) is 0 Å². The first-order valence-corrected chi connectivity index (χ1v) is 3.91. The van der Waals surface area contributed by atoms with E-state index >= 15 is 0 Å². The van der Waals surface area contributed by atoms with E-state index in [1.54, 1.807) is 24.3 Å². The highest BCUT2D eigenvalue weighted by atomic mass is 16.4. The van der Waals surface area contributed by atoms with Gasteiger partial charge in [0.25, 0.3) is 5.91 Å². The first kappa shape index (κ1) is 8.43. The number of rotatable bonds is 0. The van der Waals surface area contributed by atoms with Crippen LogP contribution >= 0.6 is 0 Å². The number of carbonyl (C=O) groups excluding carboxylic acids is 2. The van der Waals surface area contributed by atoms with E-state index in [9.17, 15) is 9.59 Å². The maximum Gasteiger partial charge on any atom is 0.281 e. The van der Waals surface area contributed by atoms with Crippen LogP contribution in [0.25, 0.3) is 0 Å². The number of carbonyl (C=O) groups is 2.